The van der Waals surface area contributed by atoms with Gasteiger partial charge in [0.15, 0.2) is 6.29 Å². The third-order valence-corrected chi connectivity index (χ3v) is 4.63. The molecular formula is C16H24O14. The minimum Gasteiger partial charge on any atom is -0.478 e. The fraction of sp³-hybridized carbons (Fsp3) is 0.750. The Labute approximate surface area is 169 Å². The van der Waals surface area contributed by atoms with Crippen LogP contribution in [0, 0.1) is 0 Å². The molecule has 0 unspecified atom stereocenters. The summed E-state index contributed by atoms with van der Waals surface area (Å²) in [6, 6.07) is 0. The van der Waals surface area contributed by atoms with E-state index in [1.165, 1.54) is 0 Å². The van der Waals surface area contributed by atoms with Crippen LogP contribution in [0.5, 0.6) is 0 Å². The van der Waals surface area contributed by atoms with Crippen LogP contribution in [-0.4, -0.2) is 127 Å². The number of carboxylic acid groups (broad SMARTS) is 1. The van der Waals surface area contributed by atoms with Crippen LogP contribution in [-0.2, 0) is 28.5 Å². The van der Waals surface area contributed by atoms with Crippen LogP contribution in [0.2, 0.25) is 0 Å². The van der Waals surface area contributed by atoms with Gasteiger partial charge in [0.05, 0.1) is 13.2 Å². The second-order valence-corrected chi connectivity index (χ2v) is 6.68. The molecule has 14 nitrogen and oxygen atoms in total. The summed E-state index contributed by atoms with van der Waals surface area (Å²) in [5, 5.41) is 77.3. The third kappa shape index (κ3) is 5.12. The summed E-state index contributed by atoms with van der Waals surface area (Å²) in [5.41, 5.74) is 0. The van der Waals surface area contributed by atoms with E-state index >= 15 is 0 Å². The number of carbonyl (C=O) groups excluding carboxylic acids is 1. The molecular weight excluding hydrogens is 416 g/mol. The smallest absolute Gasteiger partial charge is 0.331 e. The molecule has 8 N–H and O–H groups in total. The van der Waals surface area contributed by atoms with Gasteiger partial charge < -0.3 is 59.8 Å². The monoisotopic (exact) mass is 440 g/mol. The zero-order valence-electron chi connectivity index (χ0n) is 15.4. The van der Waals surface area contributed by atoms with E-state index in [1.807, 2.05) is 0 Å². The van der Waals surface area contributed by atoms with Gasteiger partial charge in [-0.1, -0.05) is 0 Å². The van der Waals surface area contributed by atoms with Gasteiger partial charge >= 0.3 is 11.9 Å². The SMILES string of the molecule is O=C(O)C=CC(=O)OC[C@@]1(O[C@H]2O[C@H](CO)[C@@H](O)[C@H](O)[C@H]2O)O[C@H](CO)[C@@H](O)[C@@H]1O. The molecule has 2 aliphatic heterocycles. The van der Waals surface area contributed by atoms with Gasteiger partial charge in [-0.15, -0.1) is 0 Å². The van der Waals surface area contributed by atoms with Crippen molar-refractivity contribution >= 4 is 11.9 Å². The van der Waals surface area contributed by atoms with Crippen LogP contribution in [0.15, 0.2) is 12.2 Å². The fourth-order valence-electron chi connectivity index (χ4n) is 2.98. The quantitative estimate of drug-likeness (QED) is 0.130. The number of carboxylic acids is 1. The molecule has 2 heterocycles. The van der Waals surface area contributed by atoms with Crippen LogP contribution < -0.4 is 0 Å². The van der Waals surface area contributed by atoms with Crippen molar-refractivity contribution in [1.82, 2.24) is 0 Å². The lowest BCUT2D eigenvalue weighted by Crippen LogP contribution is -2.62. The van der Waals surface area contributed by atoms with E-state index in [0.717, 1.165) is 0 Å². The maximum absolute atomic E-state index is 11.7. The highest BCUT2D eigenvalue weighted by atomic mass is 16.8. The van der Waals surface area contributed by atoms with Crippen molar-refractivity contribution in [1.29, 1.82) is 0 Å². The molecule has 2 aliphatic rings. The van der Waals surface area contributed by atoms with Crippen molar-refractivity contribution in [2.75, 3.05) is 19.8 Å². The molecule has 9 atom stereocenters. The van der Waals surface area contributed by atoms with Gasteiger partial charge in [0.25, 0.3) is 0 Å². The normalized spacial score (nSPS) is 41.8. The first-order valence-electron chi connectivity index (χ1n) is 8.77. The van der Waals surface area contributed by atoms with Gasteiger partial charge in [-0.2, -0.15) is 0 Å². The number of rotatable bonds is 8. The maximum atomic E-state index is 11.7. The third-order valence-electron chi connectivity index (χ3n) is 4.63. The first-order chi connectivity index (χ1) is 14.1. The Morgan fingerprint density at radius 1 is 0.900 bits per heavy atom. The van der Waals surface area contributed by atoms with E-state index in [9.17, 15) is 45.3 Å². The summed E-state index contributed by atoms with van der Waals surface area (Å²) < 4.78 is 20.6. The van der Waals surface area contributed by atoms with Crippen LogP contribution >= 0.6 is 0 Å². The van der Waals surface area contributed by atoms with E-state index in [-0.39, 0.29) is 0 Å². The summed E-state index contributed by atoms with van der Waals surface area (Å²) in [4.78, 5) is 22.1. The molecule has 0 aromatic heterocycles. The predicted octanol–water partition coefficient (Wildman–Crippen LogP) is -5.20. The fourth-order valence-corrected chi connectivity index (χ4v) is 2.98. The summed E-state index contributed by atoms with van der Waals surface area (Å²) in [6.45, 7) is -2.53. The number of ether oxygens (including phenoxy) is 4. The van der Waals surface area contributed by atoms with Gasteiger partial charge in [-0.3, -0.25) is 0 Å². The molecule has 0 amide bonds. The zero-order chi connectivity index (χ0) is 22.6. The maximum Gasteiger partial charge on any atom is 0.331 e. The van der Waals surface area contributed by atoms with Crippen molar-refractivity contribution in [3.8, 4) is 0 Å². The van der Waals surface area contributed by atoms with Gasteiger partial charge in [-0.25, -0.2) is 9.59 Å². The molecule has 0 aliphatic carbocycles. The molecule has 0 spiro atoms. The van der Waals surface area contributed by atoms with Gasteiger partial charge in [-0.05, 0) is 0 Å². The minimum absolute atomic E-state index is 0.477. The Kier molecular flexibility index (Phi) is 8.23. The standard InChI is InChI=1S/C16H24O14/c17-3-6-10(22)12(24)13(25)15(28-6)30-16(5-27-9(21)2-1-8(19)20)14(26)11(23)7(4-18)29-16/h1-2,6-7,10-15,17-18,22-26H,3-5H2,(H,19,20)/t6-,7-,10-,11-,12+,13-,14+,15-,16+/m1/s1. The van der Waals surface area contributed by atoms with Gasteiger partial charge in [0, 0.05) is 12.2 Å². The van der Waals surface area contributed by atoms with Crippen molar-refractivity contribution in [2.24, 2.45) is 0 Å². The molecule has 30 heavy (non-hydrogen) atoms. The van der Waals surface area contributed by atoms with E-state index in [4.69, 9.17) is 24.1 Å². The Bertz CT molecular complexity index is 637. The van der Waals surface area contributed by atoms with E-state index in [1.54, 1.807) is 0 Å². The van der Waals surface area contributed by atoms with Crippen LogP contribution in [0.4, 0.5) is 0 Å². The van der Waals surface area contributed by atoms with Crippen molar-refractivity contribution in [3.63, 3.8) is 0 Å². The number of carbonyl (C=O) groups is 2. The highest BCUT2D eigenvalue weighted by Crippen LogP contribution is 2.36. The predicted molar refractivity (Wildman–Crippen MR) is 89.3 cm³/mol. The zero-order valence-corrected chi connectivity index (χ0v) is 15.4. The number of aliphatic hydroxyl groups excluding tert-OH is 7. The minimum atomic E-state index is -2.42. The molecule has 0 bridgehead atoms. The summed E-state index contributed by atoms with van der Waals surface area (Å²) in [5.74, 6) is -5.05. The Morgan fingerprint density at radius 2 is 1.53 bits per heavy atom. The number of hydrogen-bond acceptors (Lipinski definition) is 13. The lowest BCUT2D eigenvalue weighted by molar-refractivity contribution is -0.383. The number of aliphatic hydroxyl groups is 7. The van der Waals surface area contributed by atoms with Crippen LogP contribution in [0.25, 0.3) is 0 Å². The highest BCUT2D eigenvalue weighted by Gasteiger charge is 2.59. The van der Waals surface area contributed by atoms with E-state index in [2.05, 4.69) is 0 Å². The van der Waals surface area contributed by atoms with E-state index in [0.29, 0.717) is 12.2 Å². The average molecular weight is 440 g/mol. The topological polar surface area (TPSA) is 233 Å². The summed E-state index contributed by atoms with van der Waals surface area (Å²) >= 11 is 0. The lowest BCUT2D eigenvalue weighted by atomic mass is 9.99. The largest absolute Gasteiger partial charge is 0.478 e. The van der Waals surface area contributed by atoms with Crippen LogP contribution in [0.1, 0.15) is 0 Å². The highest BCUT2D eigenvalue weighted by molar-refractivity contribution is 5.90. The number of hydrogen-bond donors (Lipinski definition) is 8. The first kappa shape index (κ1) is 24.5. The molecule has 0 aromatic rings. The molecule has 0 radical (unpaired) electrons. The van der Waals surface area contributed by atoms with Crippen molar-refractivity contribution in [3.05, 3.63) is 12.2 Å². The molecule has 2 saturated heterocycles. The molecule has 14 heteroatoms. The molecule has 2 fully saturated rings. The Morgan fingerprint density at radius 3 is 2.07 bits per heavy atom. The molecule has 2 rings (SSSR count). The summed E-state index contributed by atoms with van der Waals surface area (Å²) in [6.07, 6.45) is -12.7. The second-order valence-electron chi connectivity index (χ2n) is 6.68. The molecule has 0 aromatic carbocycles. The number of esters is 1. The van der Waals surface area contributed by atoms with Gasteiger partial charge in [0.1, 0.15) is 49.3 Å². The number of aliphatic carboxylic acids is 1. The molecule has 172 valence electrons. The first-order valence-corrected chi connectivity index (χ1v) is 8.77. The van der Waals surface area contributed by atoms with Crippen molar-refractivity contribution in [2.45, 2.75) is 54.8 Å². The van der Waals surface area contributed by atoms with Gasteiger partial charge in [0.2, 0.25) is 5.79 Å². The van der Waals surface area contributed by atoms with E-state index < -0.39 is 86.6 Å². The Balaban J connectivity index is 2.24. The lowest BCUT2D eigenvalue weighted by Gasteiger charge is -2.43. The average Bonchev–Trinajstić information content (AvgIpc) is 2.96. The van der Waals surface area contributed by atoms with Crippen LogP contribution in [0.3, 0.4) is 0 Å². The Hall–Kier alpha value is -1.72. The summed E-state index contributed by atoms with van der Waals surface area (Å²) in [7, 11) is 0. The van der Waals surface area contributed by atoms with Crippen molar-refractivity contribution < 1.29 is 69.4 Å². The molecule has 0 saturated carbocycles. The second kappa shape index (κ2) is 10.1.